The van der Waals surface area contributed by atoms with Crippen molar-refractivity contribution in [2.45, 2.75) is 32.0 Å². The monoisotopic (exact) mass is 203 g/mol. The zero-order valence-electron chi connectivity index (χ0n) is 9.25. The van der Waals surface area contributed by atoms with Crippen LogP contribution >= 0.6 is 0 Å². The molecular weight excluding hydrogens is 182 g/mol. The van der Waals surface area contributed by atoms with E-state index in [1.165, 1.54) is 0 Å². The molecule has 2 atom stereocenters. The minimum atomic E-state index is -0.880. The van der Waals surface area contributed by atoms with Gasteiger partial charge in [-0.25, -0.2) is 0 Å². The molecule has 14 heavy (non-hydrogen) atoms. The van der Waals surface area contributed by atoms with E-state index >= 15 is 0 Å². The van der Waals surface area contributed by atoms with Crippen molar-refractivity contribution < 1.29 is 14.6 Å². The molecule has 0 aromatic heterocycles. The Kier molecular flexibility index (Phi) is 3.53. The van der Waals surface area contributed by atoms with Crippen molar-refractivity contribution in [3.8, 4) is 0 Å². The summed E-state index contributed by atoms with van der Waals surface area (Å²) in [7, 11) is 1.59. The summed E-state index contributed by atoms with van der Waals surface area (Å²) in [5.74, 6) is 0. The number of nitrogens with two attached hydrogens (primary N) is 1. The van der Waals surface area contributed by atoms with Crippen LogP contribution < -0.4 is 5.73 Å². The van der Waals surface area contributed by atoms with Gasteiger partial charge in [-0.15, -0.1) is 0 Å². The Morgan fingerprint density at radius 2 is 2.29 bits per heavy atom. The van der Waals surface area contributed by atoms with E-state index in [4.69, 9.17) is 15.2 Å². The molecule has 3 N–H and O–H groups in total. The molecular formula is C10H21NO3. The van der Waals surface area contributed by atoms with Crippen molar-refractivity contribution in [3.63, 3.8) is 0 Å². The third-order valence-corrected chi connectivity index (χ3v) is 3.40. The lowest BCUT2D eigenvalue weighted by molar-refractivity contribution is -0.210. The van der Waals surface area contributed by atoms with Crippen LogP contribution in [0.15, 0.2) is 0 Å². The van der Waals surface area contributed by atoms with E-state index in [0.717, 1.165) is 0 Å². The summed E-state index contributed by atoms with van der Waals surface area (Å²) in [6.07, 6.45) is 0.296. The molecule has 0 saturated carbocycles. The van der Waals surface area contributed by atoms with Gasteiger partial charge in [0.05, 0.1) is 6.61 Å². The van der Waals surface area contributed by atoms with Gasteiger partial charge in [0, 0.05) is 32.1 Å². The first kappa shape index (κ1) is 11.9. The van der Waals surface area contributed by atoms with E-state index in [1.54, 1.807) is 7.11 Å². The summed E-state index contributed by atoms with van der Waals surface area (Å²) in [4.78, 5) is 0. The first-order valence-electron chi connectivity index (χ1n) is 5.01. The molecule has 0 aromatic rings. The van der Waals surface area contributed by atoms with Gasteiger partial charge in [0.15, 0.2) is 0 Å². The van der Waals surface area contributed by atoms with Crippen LogP contribution in [0.1, 0.15) is 20.3 Å². The number of rotatable bonds is 3. The van der Waals surface area contributed by atoms with Crippen LogP contribution in [0, 0.1) is 5.41 Å². The molecule has 1 rings (SSSR count). The minimum Gasteiger partial charge on any atom is -0.386 e. The normalized spacial score (nSPS) is 34.5. The minimum absolute atomic E-state index is 0.283. The van der Waals surface area contributed by atoms with Crippen molar-refractivity contribution in [1.29, 1.82) is 0 Å². The molecule has 0 radical (unpaired) electrons. The van der Waals surface area contributed by atoms with E-state index in [2.05, 4.69) is 0 Å². The van der Waals surface area contributed by atoms with Gasteiger partial charge >= 0.3 is 0 Å². The second kappa shape index (κ2) is 4.14. The molecule has 1 saturated heterocycles. The Morgan fingerprint density at radius 1 is 1.64 bits per heavy atom. The van der Waals surface area contributed by atoms with Crippen LogP contribution in [-0.2, 0) is 9.47 Å². The molecule has 0 aliphatic carbocycles. The molecule has 2 unspecified atom stereocenters. The Labute approximate surface area is 85.4 Å². The third-order valence-electron chi connectivity index (χ3n) is 3.40. The Bertz CT molecular complexity index is 196. The second-order valence-corrected chi connectivity index (χ2v) is 4.56. The highest BCUT2D eigenvalue weighted by Crippen LogP contribution is 2.39. The average molecular weight is 203 g/mol. The molecule has 84 valence electrons. The molecule has 0 bridgehead atoms. The van der Waals surface area contributed by atoms with Crippen LogP contribution in [0.25, 0.3) is 0 Å². The summed E-state index contributed by atoms with van der Waals surface area (Å²) in [5.41, 5.74) is 4.45. The fraction of sp³-hybridized carbons (Fsp3) is 1.00. The zero-order chi connectivity index (χ0) is 10.8. The molecule has 4 nitrogen and oxygen atoms in total. The van der Waals surface area contributed by atoms with Gasteiger partial charge in [-0.3, -0.25) is 0 Å². The zero-order valence-corrected chi connectivity index (χ0v) is 9.25. The van der Waals surface area contributed by atoms with Crippen LogP contribution in [0.3, 0.4) is 0 Å². The highest BCUT2D eigenvalue weighted by Gasteiger charge is 2.50. The SMILES string of the molecule is COC1COCCC1(O)C(C)(C)CN. The number of ether oxygens (including phenoxy) is 2. The maximum Gasteiger partial charge on any atom is 0.110 e. The highest BCUT2D eigenvalue weighted by molar-refractivity contribution is 5.01. The average Bonchev–Trinajstić information content (AvgIpc) is 2.18. The number of hydrogen-bond acceptors (Lipinski definition) is 4. The molecule has 0 amide bonds. The molecule has 0 aromatic carbocycles. The first-order valence-corrected chi connectivity index (χ1v) is 5.01. The van der Waals surface area contributed by atoms with Crippen molar-refractivity contribution in [2.24, 2.45) is 11.1 Å². The fourth-order valence-electron chi connectivity index (χ4n) is 1.93. The number of hydrogen-bond donors (Lipinski definition) is 2. The van der Waals surface area contributed by atoms with E-state index in [1.807, 2.05) is 13.8 Å². The molecule has 1 aliphatic rings. The van der Waals surface area contributed by atoms with Gasteiger partial charge in [0.2, 0.25) is 0 Å². The molecule has 1 aliphatic heterocycles. The summed E-state index contributed by atoms with van der Waals surface area (Å²) in [6, 6.07) is 0. The Hall–Kier alpha value is -0.160. The van der Waals surface area contributed by atoms with Gasteiger partial charge in [0.25, 0.3) is 0 Å². The number of methoxy groups -OCH3 is 1. The predicted octanol–water partition coefficient (Wildman–Crippen LogP) is 0.138. The van der Waals surface area contributed by atoms with Gasteiger partial charge in [0.1, 0.15) is 11.7 Å². The molecule has 1 fully saturated rings. The molecule has 4 heteroatoms. The third kappa shape index (κ3) is 1.80. The van der Waals surface area contributed by atoms with Crippen molar-refractivity contribution >= 4 is 0 Å². The lowest BCUT2D eigenvalue weighted by Gasteiger charge is -2.48. The second-order valence-electron chi connectivity index (χ2n) is 4.56. The van der Waals surface area contributed by atoms with E-state index in [-0.39, 0.29) is 11.5 Å². The first-order chi connectivity index (χ1) is 6.48. The van der Waals surface area contributed by atoms with Crippen molar-refractivity contribution in [2.75, 3.05) is 26.9 Å². The maximum atomic E-state index is 10.6. The quantitative estimate of drug-likeness (QED) is 0.684. The smallest absolute Gasteiger partial charge is 0.110 e. The predicted molar refractivity (Wildman–Crippen MR) is 54.0 cm³/mol. The van der Waals surface area contributed by atoms with Gasteiger partial charge in [-0.2, -0.15) is 0 Å². The molecule has 1 heterocycles. The summed E-state index contributed by atoms with van der Waals surface area (Å²) in [5, 5.41) is 10.6. The van der Waals surface area contributed by atoms with Crippen LogP contribution in [0.4, 0.5) is 0 Å². The van der Waals surface area contributed by atoms with E-state index in [0.29, 0.717) is 26.2 Å². The Morgan fingerprint density at radius 3 is 2.79 bits per heavy atom. The van der Waals surface area contributed by atoms with E-state index < -0.39 is 5.60 Å². The van der Waals surface area contributed by atoms with Crippen LogP contribution in [-0.4, -0.2) is 43.7 Å². The summed E-state index contributed by atoms with van der Waals surface area (Å²) >= 11 is 0. The lowest BCUT2D eigenvalue weighted by Crippen LogP contribution is -2.61. The standard InChI is InChI=1S/C10H21NO3/c1-9(2,7-11)10(12)4-5-14-6-8(10)13-3/h8,12H,4-7,11H2,1-3H3. The number of aliphatic hydroxyl groups is 1. The largest absolute Gasteiger partial charge is 0.386 e. The maximum absolute atomic E-state index is 10.6. The fourth-order valence-corrected chi connectivity index (χ4v) is 1.93. The van der Waals surface area contributed by atoms with Crippen molar-refractivity contribution in [3.05, 3.63) is 0 Å². The van der Waals surface area contributed by atoms with Gasteiger partial charge in [-0.1, -0.05) is 13.8 Å². The van der Waals surface area contributed by atoms with E-state index in [9.17, 15) is 5.11 Å². The van der Waals surface area contributed by atoms with Crippen LogP contribution in [0.5, 0.6) is 0 Å². The van der Waals surface area contributed by atoms with Crippen molar-refractivity contribution in [1.82, 2.24) is 0 Å². The van der Waals surface area contributed by atoms with Gasteiger partial charge < -0.3 is 20.3 Å². The summed E-state index contributed by atoms with van der Waals surface area (Å²) < 4.78 is 10.5. The molecule has 0 spiro atoms. The lowest BCUT2D eigenvalue weighted by atomic mass is 9.69. The van der Waals surface area contributed by atoms with Gasteiger partial charge in [-0.05, 0) is 0 Å². The highest BCUT2D eigenvalue weighted by atomic mass is 16.5. The Balaban J connectivity index is 2.87. The topological polar surface area (TPSA) is 64.7 Å². The summed E-state index contributed by atoms with van der Waals surface area (Å²) in [6.45, 7) is 5.37. The van der Waals surface area contributed by atoms with Crippen LogP contribution in [0.2, 0.25) is 0 Å².